The normalized spacial score (nSPS) is 16.0. The third-order valence-electron chi connectivity index (χ3n) is 5.15. The van der Waals surface area contributed by atoms with Crippen molar-refractivity contribution in [2.24, 2.45) is 0 Å². The molecule has 4 rings (SSSR count). The van der Waals surface area contributed by atoms with Gasteiger partial charge in [-0.2, -0.15) is 9.78 Å². The minimum Gasteiger partial charge on any atom is -0.344 e. The molecule has 1 aliphatic rings. The van der Waals surface area contributed by atoms with Crippen molar-refractivity contribution in [2.45, 2.75) is 31.7 Å². The monoisotopic (exact) mass is 396 g/mol. The van der Waals surface area contributed by atoms with Gasteiger partial charge in [-0.1, -0.05) is 30.3 Å². The van der Waals surface area contributed by atoms with E-state index in [0.717, 1.165) is 18.4 Å². The molecule has 3 aromatic rings. The van der Waals surface area contributed by atoms with Gasteiger partial charge < -0.3 is 14.3 Å². The van der Waals surface area contributed by atoms with Crippen LogP contribution in [0.4, 0.5) is 5.95 Å². The molecular formula is C19H24N8O2. The predicted octanol–water partition coefficient (Wildman–Crippen LogP) is 1.76. The van der Waals surface area contributed by atoms with Crippen molar-refractivity contribution in [1.29, 1.82) is 0 Å². The van der Waals surface area contributed by atoms with Gasteiger partial charge in [0.2, 0.25) is 17.6 Å². The molecule has 3 heterocycles. The van der Waals surface area contributed by atoms with Crippen LogP contribution in [-0.4, -0.2) is 68.3 Å². The lowest BCUT2D eigenvalue weighted by molar-refractivity contribution is -0.136. The van der Waals surface area contributed by atoms with Gasteiger partial charge in [0.25, 0.3) is 5.95 Å². The van der Waals surface area contributed by atoms with E-state index in [4.69, 9.17) is 4.52 Å². The number of tetrazole rings is 1. The molecule has 1 saturated heterocycles. The van der Waals surface area contributed by atoms with Crippen LogP contribution in [0, 0.1) is 0 Å². The summed E-state index contributed by atoms with van der Waals surface area (Å²) in [5.74, 6) is 1.87. The number of aromatic nitrogens is 6. The molecule has 10 nitrogen and oxygen atoms in total. The Morgan fingerprint density at radius 1 is 1.21 bits per heavy atom. The van der Waals surface area contributed by atoms with Crippen molar-refractivity contribution in [2.75, 3.05) is 32.1 Å². The van der Waals surface area contributed by atoms with Gasteiger partial charge in [-0.3, -0.25) is 4.79 Å². The predicted molar refractivity (Wildman–Crippen MR) is 105 cm³/mol. The van der Waals surface area contributed by atoms with Crippen LogP contribution in [0.3, 0.4) is 0 Å². The first-order valence-corrected chi connectivity index (χ1v) is 9.67. The smallest absolute Gasteiger partial charge is 0.265 e. The second kappa shape index (κ2) is 7.98. The maximum Gasteiger partial charge on any atom is 0.265 e. The van der Waals surface area contributed by atoms with Crippen molar-refractivity contribution >= 4 is 11.9 Å². The summed E-state index contributed by atoms with van der Waals surface area (Å²) in [4.78, 5) is 22.4. The standard InChI is InChI=1S/C19H24N8O2/c1-13(27-22-16(21-24-27)14-7-5-4-6-8-14)18(28)26-11-9-15(10-12-26)17-20-19(23-29-17)25(2)3/h4-8,13,15H,9-12H2,1-3H3. The molecule has 1 aromatic carbocycles. The zero-order valence-corrected chi connectivity index (χ0v) is 16.8. The van der Waals surface area contributed by atoms with Gasteiger partial charge in [-0.25, -0.2) is 0 Å². The van der Waals surface area contributed by atoms with Crippen LogP contribution in [-0.2, 0) is 4.79 Å². The van der Waals surface area contributed by atoms with Crippen LogP contribution in [0.2, 0.25) is 0 Å². The number of anilines is 1. The maximum absolute atomic E-state index is 12.9. The first-order valence-electron chi connectivity index (χ1n) is 9.67. The lowest BCUT2D eigenvalue weighted by Crippen LogP contribution is -2.41. The second-order valence-corrected chi connectivity index (χ2v) is 7.40. The molecule has 2 aromatic heterocycles. The van der Waals surface area contributed by atoms with E-state index in [1.807, 2.05) is 54.2 Å². The zero-order valence-electron chi connectivity index (χ0n) is 16.8. The van der Waals surface area contributed by atoms with Crippen molar-refractivity contribution < 1.29 is 9.32 Å². The highest BCUT2D eigenvalue weighted by Gasteiger charge is 2.31. The summed E-state index contributed by atoms with van der Waals surface area (Å²) < 4.78 is 5.38. The topological polar surface area (TPSA) is 106 Å². The van der Waals surface area contributed by atoms with Crippen LogP contribution in [0.5, 0.6) is 0 Å². The van der Waals surface area contributed by atoms with Crippen LogP contribution in [0.25, 0.3) is 11.4 Å². The molecule has 1 unspecified atom stereocenters. The van der Waals surface area contributed by atoms with E-state index in [-0.39, 0.29) is 11.8 Å². The number of piperidine rings is 1. The highest BCUT2D eigenvalue weighted by Crippen LogP contribution is 2.28. The average Bonchev–Trinajstić information content (AvgIpc) is 3.44. The molecule has 0 radical (unpaired) electrons. The Hall–Kier alpha value is -3.30. The van der Waals surface area contributed by atoms with Crippen molar-refractivity contribution in [3.63, 3.8) is 0 Å². The van der Waals surface area contributed by atoms with Gasteiger partial charge in [-0.05, 0) is 30.1 Å². The van der Waals surface area contributed by atoms with Crippen molar-refractivity contribution in [3.05, 3.63) is 36.2 Å². The molecule has 0 spiro atoms. The van der Waals surface area contributed by atoms with Gasteiger partial charge in [0.05, 0.1) is 0 Å². The van der Waals surface area contributed by atoms with Crippen LogP contribution in [0.15, 0.2) is 34.9 Å². The SMILES string of the molecule is CC(C(=O)N1CCC(c2nc(N(C)C)no2)CC1)n1nnc(-c2ccccc2)n1. The summed E-state index contributed by atoms with van der Waals surface area (Å²) in [6.45, 7) is 3.06. The van der Waals surface area contributed by atoms with E-state index in [1.54, 1.807) is 6.92 Å². The number of likely N-dealkylation sites (tertiary alicyclic amines) is 1. The Bertz CT molecular complexity index is 960. The number of rotatable bonds is 5. The summed E-state index contributed by atoms with van der Waals surface area (Å²) in [7, 11) is 3.75. The molecule has 0 bridgehead atoms. The number of hydrogen-bond donors (Lipinski definition) is 0. The zero-order chi connectivity index (χ0) is 20.4. The Morgan fingerprint density at radius 3 is 2.59 bits per heavy atom. The van der Waals surface area contributed by atoms with Gasteiger partial charge in [0.15, 0.2) is 0 Å². The van der Waals surface area contributed by atoms with E-state index >= 15 is 0 Å². The second-order valence-electron chi connectivity index (χ2n) is 7.40. The third-order valence-corrected chi connectivity index (χ3v) is 5.15. The molecule has 1 aliphatic heterocycles. The largest absolute Gasteiger partial charge is 0.344 e. The van der Waals surface area contributed by atoms with Gasteiger partial charge >= 0.3 is 0 Å². The van der Waals surface area contributed by atoms with Crippen LogP contribution in [0.1, 0.15) is 37.6 Å². The average molecular weight is 396 g/mol. The van der Waals surface area contributed by atoms with E-state index in [1.165, 1.54) is 4.80 Å². The summed E-state index contributed by atoms with van der Waals surface area (Å²) in [6, 6.07) is 9.08. The minimum absolute atomic E-state index is 0.0139. The molecule has 1 amide bonds. The van der Waals surface area contributed by atoms with E-state index in [0.29, 0.717) is 30.8 Å². The van der Waals surface area contributed by atoms with E-state index in [9.17, 15) is 4.79 Å². The van der Waals surface area contributed by atoms with E-state index in [2.05, 4.69) is 25.6 Å². The van der Waals surface area contributed by atoms with Gasteiger partial charge in [-0.15, -0.1) is 10.2 Å². The van der Waals surface area contributed by atoms with Crippen molar-refractivity contribution in [1.82, 2.24) is 35.2 Å². The number of hydrogen-bond acceptors (Lipinski definition) is 8. The first-order chi connectivity index (χ1) is 14.0. The third kappa shape index (κ3) is 3.96. The molecule has 0 saturated carbocycles. The Labute approximate surface area is 168 Å². The molecule has 0 N–H and O–H groups in total. The Balaban J connectivity index is 1.37. The lowest BCUT2D eigenvalue weighted by Gasteiger charge is -2.31. The maximum atomic E-state index is 12.9. The van der Waals surface area contributed by atoms with Crippen LogP contribution >= 0.6 is 0 Å². The quantitative estimate of drug-likeness (QED) is 0.642. The van der Waals surface area contributed by atoms with Crippen LogP contribution < -0.4 is 4.90 Å². The fraction of sp³-hybridized carbons (Fsp3) is 0.474. The minimum atomic E-state index is -0.514. The first kappa shape index (κ1) is 19.0. The Morgan fingerprint density at radius 2 is 1.93 bits per heavy atom. The molecule has 10 heteroatoms. The highest BCUT2D eigenvalue weighted by molar-refractivity contribution is 5.80. The molecular weight excluding hydrogens is 372 g/mol. The summed E-state index contributed by atoms with van der Waals surface area (Å²) in [5.41, 5.74) is 0.871. The number of carbonyl (C=O) groups is 1. The van der Waals surface area contributed by atoms with E-state index < -0.39 is 6.04 Å². The van der Waals surface area contributed by atoms with Crippen molar-refractivity contribution in [3.8, 4) is 11.4 Å². The number of benzene rings is 1. The number of carbonyl (C=O) groups excluding carboxylic acids is 1. The summed E-state index contributed by atoms with van der Waals surface area (Å²) >= 11 is 0. The van der Waals surface area contributed by atoms with Gasteiger partial charge in [0, 0.05) is 38.7 Å². The summed E-state index contributed by atoms with van der Waals surface area (Å²) in [6.07, 6.45) is 1.57. The molecule has 1 atom stereocenters. The molecule has 29 heavy (non-hydrogen) atoms. The number of amides is 1. The Kier molecular flexibility index (Phi) is 5.24. The van der Waals surface area contributed by atoms with Gasteiger partial charge in [0.1, 0.15) is 6.04 Å². The molecule has 152 valence electrons. The number of nitrogens with zero attached hydrogens (tertiary/aromatic N) is 8. The fourth-order valence-corrected chi connectivity index (χ4v) is 3.38. The fourth-order valence-electron chi connectivity index (χ4n) is 3.38. The lowest BCUT2D eigenvalue weighted by atomic mass is 9.96. The molecule has 1 fully saturated rings. The summed E-state index contributed by atoms with van der Waals surface area (Å²) in [5, 5.41) is 16.5. The highest BCUT2D eigenvalue weighted by atomic mass is 16.5. The molecule has 0 aliphatic carbocycles.